The van der Waals surface area contributed by atoms with Gasteiger partial charge in [0, 0.05) is 5.56 Å². The third kappa shape index (κ3) is 4.28. The number of alkyl halides is 2. The van der Waals surface area contributed by atoms with E-state index in [-0.39, 0.29) is 23.5 Å². The molecule has 0 atom stereocenters. The number of ether oxygens (including phenoxy) is 2. The number of halogens is 3. The van der Waals surface area contributed by atoms with Crippen molar-refractivity contribution >= 4 is 11.8 Å². The van der Waals surface area contributed by atoms with Crippen molar-refractivity contribution in [3.8, 4) is 11.5 Å². The molecule has 0 aliphatic heterocycles. The van der Waals surface area contributed by atoms with Gasteiger partial charge < -0.3 is 14.6 Å². The maximum Gasteiger partial charge on any atom is 0.387 e. The minimum Gasteiger partial charge on any atom is -0.507 e. The first kappa shape index (κ1) is 18.3. The summed E-state index contributed by atoms with van der Waals surface area (Å²) in [7, 11) is 0. The number of carbonyl (C=O) groups excluding carboxylic acids is 2. The second-order valence-electron chi connectivity index (χ2n) is 4.80. The Bertz CT molecular complexity index is 764. The molecule has 2 rings (SSSR count). The summed E-state index contributed by atoms with van der Waals surface area (Å²) in [5.74, 6) is -3.74. The van der Waals surface area contributed by atoms with Gasteiger partial charge >= 0.3 is 12.6 Å². The molecule has 0 heterocycles. The largest absolute Gasteiger partial charge is 0.507 e. The number of aromatic hydroxyl groups is 1. The quantitative estimate of drug-likeness (QED) is 0.635. The van der Waals surface area contributed by atoms with Gasteiger partial charge in [0.15, 0.2) is 5.78 Å². The summed E-state index contributed by atoms with van der Waals surface area (Å²) in [5.41, 5.74) is -0.940. The lowest BCUT2D eigenvalue weighted by Crippen LogP contribution is -2.09. The summed E-state index contributed by atoms with van der Waals surface area (Å²) in [6, 6.07) is 6.22. The first-order chi connectivity index (χ1) is 11.8. The van der Waals surface area contributed by atoms with E-state index in [0.717, 1.165) is 36.4 Å². The smallest absolute Gasteiger partial charge is 0.387 e. The predicted octanol–water partition coefficient (Wildman–Crippen LogP) is 3.54. The lowest BCUT2D eigenvalue weighted by molar-refractivity contribution is -0.0498. The van der Waals surface area contributed by atoms with Crippen molar-refractivity contribution in [1.29, 1.82) is 0 Å². The van der Waals surface area contributed by atoms with E-state index in [9.17, 15) is 27.9 Å². The Hall–Kier alpha value is -3.03. The van der Waals surface area contributed by atoms with E-state index in [1.165, 1.54) is 0 Å². The van der Waals surface area contributed by atoms with Gasteiger partial charge in [-0.15, -0.1) is 0 Å². The third-order valence-electron chi connectivity index (χ3n) is 3.15. The monoisotopic (exact) mass is 354 g/mol. The molecule has 25 heavy (non-hydrogen) atoms. The molecular formula is C17H13F3O5. The molecule has 0 fully saturated rings. The lowest BCUT2D eigenvalue weighted by atomic mass is 10.00. The van der Waals surface area contributed by atoms with E-state index in [1.54, 1.807) is 6.92 Å². The van der Waals surface area contributed by atoms with Crippen LogP contribution < -0.4 is 4.74 Å². The molecule has 0 saturated carbocycles. The Morgan fingerprint density at radius 3 is 2.28 bits per heavy atom. The fourth-order valence-corrected chi connectivity index (χ4v) is 2.08. The highest BCUT2D eigenvalue weighted by molar-refractivity contribution is 6.11. The topological polar surface area (TPSA) is 72.8 Å². The molecule has 0 unspecified atom stereocenters. The van der Waals surface area contributed by atoms with Crippen molar-refractivity contribution in [2.75, 3.05) is 6.61 Å². The highest BCUT2D eigenvalue weighted by atomic mass is 19.3. The molecule has 132 valence electrons. The number of carbonyl (C=O) groups is 2. The molecule has 0 radical (unpaired) electrons. The van der Waals surface area contributed by atoms with Gasteiger partial charge in [-0.1, -0.05) is 0 Å². The summed E-state index contributed by atoms with van der Waals surface area (Å²) in [4.78, 5) is 23.9. The molecule has 0 spiro atoms. The van der Waals surface area contributed by atoms with Crippen LogP contribution in [0.15, 0.2) is 36.4 Å². The molecule has 0 amide bonds. The first-order valence-corrected chi connectivity index (χ1v) is 7.12. The fourth-order valence-electron chi connectivity index (χ4n) is 2.08. The molecule has 0 bridgehead atoms. The van der Waals surface area contributed by atoms with Crippen LogP contribution in [0.4, 0.5) is 13.2 Å². The van der Waals surface area contributed by atoms with Crippen LogP contribution in [0, 0.1) is 5.82 Å². The maximum atomic E-state index is 14.2. The van der Waals surface area contributed by atoms with Crippen LogP contribution in [0.25, 0.3) is 0 Å². The highest BCUT2D eigenvalue weighted by Crippen LogP contribution is 2.27. The van der Waals surface area contributed by atoms with Crippen molar-refractivity contribution in [2.45, 2.75) is 13.5 Å². The zero-order chi connectivity index (χ0) is 18.6. The molecule has 0 aliphatic carbocycles. The summed E-state index contributed by atoms with van der Waals surface area (Å²) in [6.45, 7) is -1.39. The van der Waals surface area contributed by atoms with Crippen LogP contribution in [0.3, 0.4) is 0 Å². The van der Waals surface area contributed by atoms with Gasteiger partial charge in [0.05, 0.1) is 12.2 Å². The average molecular weight is 354 g/mol. The van der Waals surface area contributed by atoms with Gasteiger partial charge in [0.25, 0.3) is 0 Å². The Labute approximate surface area is 140 Å². The van der Waals surface area contributed by atoms with Gasteiger partial charge in [-0.25, -0.2) is 9.18 Å². The molecule has 2 aromatic rings. The first-order valence-electron chi connectivity index (χ1n) is 7.12. The summed E-state index contributed by atoms with van der Waals surface area (Å²) in [6.07, 6.45) is 0. The third-order valence-corrected chi connectivity index (χ3v) is 3.15. The zero-order valence-electron chi connectivity index (χ0n) is 13.0. The number of hydrogen-bond acceptors (Lipinski definition) is 5. The van der Waals surface area contributed by atoms with Gasteiger partial charge in [0.2, 0.25) is 0 Å². The van der Waals surface area contributed by atoms with Crippen LogP contribution in [0.1, 0.15) is 33.2 Å². The Morgan fingerprint density at radius 2 is 1.76 bits per heavy atom. The number of benzene rings is 2. The molecule has 2 aromatic carbocycles. The Morgan fingerprint density at radius 1 is 1.12 bits per heavy atom. The number of esters is 1. The molecule has 0 aliphatic rings. The lowest BCUT2D eigenvalue weighted by Gasteiger charge is -2.09. The van der Waals surface area contributed by atoms with Gasteiger partial charge in [-0.2, -0.15) is 8.78 Å². The van der Waals surface area contributed by atoms with E-state index in [4.69, 9.17) is 4.74 Å². The minimum atomic E-state index is -3.02. The molecule has 5 nitrogen and oxygen atoms in total. The molecular weight excluding hydrogens is 341 g/mol. The van der Waals surface area contributed by atoms with Crippen LogP contribution in [0.5, 0.6) is 11.5 Å². The van der Waals surface area contributed by atoms with Crippen molar-refractivity contribution in [3.05, 3.63) is 58.9 Å². The predicted molar refractivity (Wildman–Crippen MR) is 80.5 cm³/mol. The van der Waals surface area contributed by atoms with Gasteiger partial charge in [0.1, 0.15) is 22.9 Å². The minimum absolute atomic E-state index is 0.0558. The summed E-state index contributed by atoms with van der Waals surface area (Å²) in [5, 5.41) is 9.90. The van der Waals surface area contributed by atoms with Crippen molar-refractivity contribution in [1.82, 2.24) is 0 Å². The number of phenolic OH excluding ortho intramolecular Hbond substituents is 1. The average Bonchev–Trinajstić information content (AvgIpc) is 2.54. The Kier molecular flexibility index (Phi) is 5.63. The van der Waals surface area contributed by atoms with E-state index in [1.807, 2.05) is 0 Å². The normalized spacial score (nSPS) is 10.6. The van der Waals surface area contributed by atoms with Crippen molar-refractivity contribution in [2.24, 2.45) is 0 Å². The maximum absolute atomic E-state index is 14.2. The molecule has 1 N–H and O–H groups in total. The second-order valence-corrected chi connectivity index (χ2v) is 4.80. The number of phenols is 1. The van der Waals surface area contributed by atoms with Crippen LogP contribution in [-0.4, -0.2) is 30.1 Å². The summed E-state index contributed by atoms with van der Waals surface area (Å²) >= 11 is 0. The van der Waals surface area contributed by atoms with E-state index in [2.05, 4.69) is 4.74 Å². The number of rotatable bonds is 6. The molecule has 0 saturated heterocycles. The highest BCUT2D eigenvalue weighted by Gasteiger charge is 2.22. The molecule has 8 heteroatoms. The summed E-state index contributed by atoms with van der Waals surface area (Å²) < 4.78 is 47.2. The van der Waals surface area contributed by atoms with Gasteiger partial charge in [-0.3, -0.25) is 4.79 Å². The number of hydrogen-bond donors (Lipinski definition) is 1. The van der Waals surface area contributed by atoms with E-state index >= 15 is 0 Å². The van der Waals surface area contributed by atoms with E-state index in [0.29, 0.717) is 0 Å². The van der Waals surface area contributed by atoms with Crippen LogP contribution >= 0.6 is 0 Å². The molecule has 0 aromatic heterocycles. The van der Waals surface area contributed by atoms with Crippen molar-refractivity contribution in [3.63, 3.8) is 0 Å². The van der Waals surface area contributed by atoms with Crippen molar-refractivity contribution < 1.29 is 37.3 Å². The number of ketones is 1. The van der Waals surface area contributed by atoms with Crippen LogP contribution in [-0.2, 0) is 4.74 Å². The van der Waals surface area contributed by atoms with Gasteiger partial charge in [-0.05, 0) is 43.3 Å². The van der Waals surface area contributed by atoms with Crippen LogP contribution in [0.2, 0.25) is 0 Å². The zero-order valence-corrected chi connectivity index (χ0v) is 13.0. The fraction of sp³-hybridized carbons (Fsp3) is 0.176. The Balaban J connectivity index is 2.31. The standard InChI is InChI=1S/C17H13F3O5/c1-2-24-16(23)10-7-12(18)14(13(21)8-10)15(22)9-3-5-11(6-4-9)25-17(19)20/h3-8,17,21H,2H2,1H3. The van der Waals surface area contributed by atoms with E-state index < -0.39 is 35.5 Å². The second kappa shape index (κ2) is 7.69. The SMILES string of the molecule is CCOC(=O)c1cc(O)c(C(=O)c2ccc(OC(F)F)cc2)c(F)c1.